The summed E-state index contributed by atoms with van der Waals surface area (Å²) < 4.78 is 16.3. The first-order valence-corrected chi connectivity index (χ1v) is 11.1. The Labute approximate surface area is 189 Å². The van der Waals surface area contributed by atoms with Gasteiger partial charge >= 0.3 is 5.97 Å². The molecule has 2 aromatic rings. The molecule has 0 aliphatic carbocycles. The van der Waals surface area contributed by atoms with E-state index in [0.29, 0.717) is 23.5 Å². The molecule has 32 heavy (non-hydrogen) atoms. The zero-order chi connectivity index (χ0) is 22.8. The molecule has 1 aliphatic rings. The summed E-state index contributed by atoms with van der Waals surface area (Å²) in [6.07, 6.45) is 11.6. The molecule has 1 heterocycles. The molecule has 0 amide bonds. The van der Waals surface area contributed by atoms with Crippen molar-refractivity contribution in [1.82, 2.24) is 0 Å². The number of carbonyl (C=O) groups excluding carboxylic acids is 2. The number of methoxy groups -OCH3 is 1. The fourth-order valence-corrected chi connectivity index (χ4v) is 3.53. The number of fused-ring (bicyclic) bond motifs is 1. The Kier molecular flexibility index (Phi) is 8.67. The fraction of sp³-hybridized carbons (Fsp3) is 0.333. The van der Waals surface area contributed by atoms with E-state index in [1.807, 2.05) is 30.3 Å². The smallest absolute Gasteiger partial charge is 0.311 e. The molecular weight excluding hydrogens is 404 g/mol. The number of esters is 1. The number of allylic oxidation sites excluding steroid dienone is 2. The van der Waals surface area contributed by atoms with E-state index in [0.717, 1.165) is 37.0 Å². The molecule has 0 radical (unpaired) electrons. The van der Waals surface area contributed by atoms with Crippen LogP contribution in [0.25, 0.3) is 6.08 Å². The summed E-state index contributed by atoms with van der Waals surface area (Å²) in [6, 6.07) is 12.2. The first-order chi connectivity index (χ1) is 15.6. The highest BCUT2D eigenvalue weighted by Crippen LogP contribution is 2.35. The summed E-state index contributed by atoms with van der Waals surface area (Å²) in [5.41, 5.74) is 1.29. The van der Waals surface area contributed by atoms with Crippen LogP contribution in [0.1, 0.15) is 67.3 Å². The maximum Gasteiger partial charge on any atom is 0.311 e. The average Bonchev–Trinajstić information content (AvgIpc) is 3.10. The predicted octanol–water partition coefficient (Wildman–Crippen LogP) is 6.52. The monoisotopic (exact) mass is 434 g/mol. The summed E-state index contributed by atoms with van der Waals surface area (Å²) in [4.78, 5) is 24.8. The summed E-state index contributed by atoms with van der Waals surface area (Å²) in [7, 11) is 1.60. The van der Waals surface area contributed by atoms with E-state index in [2.05, 4.69) is 6.58 Å². The third kappa shape index (κ3) is 6.58. The lowest BCUT2D eigenvalue weighted by atomic mass is 10.1. The number of unbranched alkanes of at least 4 members (excludes halogenated alkanes) is 6. The van der Waals surface area contributed by atoms with Gasteiger partial charge in [0.2, 0.25) is 5.78 Å². The second kappa shape index (κ2) is 11.9. The van der Waals surface area contributed by atoms with Gasteiger partial charge in [-0.25, -0.2) is 0 Å². The number of ketones is 1. The lowest BCUT2D eigenvalue weighted by Crippen LogP contribution is -2.07. The van der Waals surface area contributed by atoms with Gasteiger partial charge in [0.05, 0.1) is 12.7 Å². The van der Waals surface area contributed by atoms with Crippen molar-refractivity contribution < 1.29 is 23.8 Å². The number of carbonyl (C=O) groups is 2. The van der Waals surface area contributed by atoms with Crippen LogP contribution >= 0.6 is 0 Å². The second-order valence-corrected chi connectivity index (χ2v) is 7.79. The number of rotatable bonds is 12. The van der Waals surface area contributed by atoms with Crippen molar-refractivity contribution in [2.45, 2.75) is 51.4 Å². The number of ether oxygens (including phenoxy) is 3. The van der Waals surface area contributed by atoms with Crippen LogP contribution in [-0.4, -0.2) is 18.9 Å². The Hall–Kier alpha value is -3.34. The minimum absolute atomic E-state index is 0.193. The van der Waals surface area contributed by atoms with E-state index >= 15 is 0 Å². The van der Waals surface area contributed by atoms with Crippen molar-refractivity contribution >= 4 is 17.8 Å². The molecule has 0 saturated heterocycles. The highest BCUT2D eigenvalue weighted by atomic mass is 16.5. The molecule has 0 unspecified atom stereocenters. The van der Waals surface area contributed by atoms with Gasteiger partial charge in [-0.05, 0) is 55.2 Å². The van der Waals surface area contributed by atoms with Gasteiger partial charge in [-0.3, -0.25) is 9.59 Å². The van der Waals surface area contributed by atoms with Crippen molar-refractivity contribution in [3.63, 3.8) is 0 Å². The van der Waals surface area contributed by atoms with Crippen LogP contribution < -0.4 is 14.2 Å². The number of Topliss-reactive ketones (excluding diaryl/α,β-unsaturated/α-hetero) is 1. The number of hydrogen-bond acceptors (Lipinski definition) is 5. The molecule has 5 nitrogen and oxygen atoms in total. The molecular formula is C27H30O5. The molecule has 0 aromatic heterocycles. The lowest BCUT2D eigenvalue weighted by molar-refractivity contribution is -0.134. The lowest BCUT2D eigenvalue weighted by Gasteiger charge is -2.06. The Morgan fingerprint density at radius 3 is 2.38 bits per heavy atom. The van der Waals surface area contributed by atoms with Crippen molar-refractivity contribution in [1.29, 1.82) is 0 Å². The highest BCUT2D eigenvalue weighted by Gasteiger charge is 2.28. The van der Waals surface area contributed by atoms with E-state index in [1.54, 1.807) is 31.4 Å². The van der Waals surface area contributed by atoms with Gasteiger partial charge in [0.15, 0.2) is 5.76 Å². The first kappa shape index (κ1) is 23.3. The minimum atomic E-state index is -0.269. The van der Waals surface area contributed by atoms with Crippen molar-refractivity contribution in [3.8, 4) is 17.2 Å². The first-order valence-electron chi connectivity index (χ1n) is 11.1. The zero-order valence-electron chi connectivity index (χ0n) is 18.6. The van der Waals surface area contributed by atoms with Crippen LogP contribution in [0, 0.1) is 0 Å². The standard InChI is InChI=1S/C27H30O5/c1-3-4-5-6-7-8-9-10-11-26(28)31-22-16-17-23-24(19-22)32-25(27(23)29)18-20-12-14-21(30-2)15-13-20/h3,12-19H,1,4-11H2,2H3/b25-18-. The zero-order valence-corrected chi connectivity index (χ0v) is 18.6. The predicted molar refractivity (Wildman–Crippen MR) is 125 cm³/mol. The third-order valence-electron chi connectivity index (χ3n) is 5.33. The Balaban J connectivity index is 1.49. The van der Waals surface area contributed by atoms with Gasteiger partial charge in [-0.15, -0.1) is 6.58 Å². The summed E-state index contributed by atoms with van der Waals surface area (Å²) in [5, 5.41) is 0. The maximum atomic E-state index is 12.6. The maximum absolute atomic E-state index is 12.6. The average molecular weight is 435 g/mol. The fourth-order valence-electron chi connectivity index (χ4n) is 3.53. The van der Waals surface area contributed by atoms with Crippen molar-refractivity contribution in [2.75, 3.05) is 7.11 Å². The molecule has 0 saturated carbocycles. The Morgan fingerprint density at radius 2 is 1.66 bits per heavy atom. The van der Waals surface area contributed by atoms with Crippen LogP contribution in [0.4, 0.5) is 0 Å². The van der Waals surface area contributed by atoms with Gasteiger partial charge in [0.25, 0.3) is 0 Å². The normalized spacial score (nSPS) is 13.5. The Morgan fingerprint density at radius 1 is 0.969 bits per heavy atom. The van der Waals surface area contributed by atoms with Crippen LogP contribution in [0.2, 0.25) is 0 Å². The number of benzene rings is 2. The molecule has 3 rings (SSSR count). The van der Waals surface area contributed by atoms with Gasteiger partial charge in [-0.2, -0.15) is 0 Å². The SMILES string of the molecule is C=CCCCCCCCCC(=O)Oc1ccc2c(c1)O/C(=C\c1ccc(OC)cc1)C2=O. The molecule has 0 N–H and O–H groups in total. The van der Waals surface area contributed by atoms with E-state index in [-0.39, 0.29) is 17.5 Å². The van der Waals surface area contributed by atoms with Gasteiger partial charge in [0, 0.05) is 12.5 Å². The van der Waals surface area contributed by atoms with Crippen molar-refractivity contribution in [2.24, 2.45) is 0 Å². The summed E-state index contributed by atoms with van der Waals surface area (Å²) in [5.74, 6) is 1.30. The highest BCUT2D eigenvalue weighted by molar-refractivity contribution is 6.14. The van der Waals surface area contributed by atoms with E-state index in [9.17, 15) is 9.59 Å². The number of hydrogen-bond donors (Lipinski definition) is 0. The van der Waals surface area contributed by atoms with Gasteiger partial charge in [0.1, 0.15) is 17.2 Å². The van der Waals surface area contributed by atoms with Crippen molar-refractivity contribution in [3.05, 3.63) is 72.0 Å². The largest absolute Gasteiger partial charge is 0.497 e. The minimum Gasteiger partial charge on any atom is -0.497 e. The molecule has 0 atom stereocenters. The molecule has 168 valence electrons. The van der Waals surface area contributed by atoms with Crippen LogP contribution in [0.5, 0.6) is 17.2 Å². The van der Waals surface area contributed by atoms with E-state index in [1.165, 1.54) is 19.3 Å². The molecule has 1 aliphatic heterocycles. The van der Waals surface area contributed by atoms with Gasteiger partial charge in [-0.1, -0.05) is 43.9 Å². The third-order valence-corrected chi connectivity index (χ3v) is 5.33. The molecule has 0 spiro atoms. The Bertz CT molecular complexity index is 972. The van der Waals surface area contributed by atoms with Gasteiger partial charge < -0.3 is 14.2 Å². The second-order valence-electron chi connectivity index (χ2n) is 7.79. The van der Waals surface area contributed by atoms with Crippen LogP contribution in [-0.2, 0) is 4.79 Å². The van der Waals surface area contributed by atoms with E-state index < -0.39 is 0 Å². The van der Waals surface area contributed by atoms with Crippen LogP contribution in [0.3, 0.4) is 0 Å². The molecule has 5 heteroatoms. The quantitative estimate of drug-likeness (QED) is 0.125. The van der Waals surface area contributed by atoms with E-state index in [4.69, 9.17) is 14.2 Å². The summed E-state index contributed by atoms with van der Waals surface area (Å²) in [6.45, 7) is 3.73. The molecule has 0 bridgehead atoms. The molecule has 0 fully saturated rings. The summed E-state index contributed by atoms with van der Waals surface area (Å²) >= 11 is 0. The topological polar surface area (TPSA) is 61.8 Å². The van der Waals surface area contributed by atoms with Crippen LogP contribution in [0.15, 0.2) is 60.9 Å². The molecule has 2 aromatic carbocycles.